The zero-order chi connectivity index (χ0) is 10.7. The average molecular weight is 291 g/mol. The van der Waals surface area contributed by atoms with Crippen LogP contribution in [0.25, 0.3) is 16.2 Å². The van der Waals surface area contributed by atoms with Crippen molar-refractivity contribution in [2.45, 2.75) is 6.42 Å². The number of fused-ring (bicyclic) bond motifs is 5. The first-order valence-corrected chi connectivity index (χ1v) is 6.73. The van der Waals surface area contributed by atoms with E-state index >= 15 is 0 Å². The van der Waals surface area contributed by atoms with Gasteiger partial charge in [0, 0.05) is 28.0 Å². The predicted molar refractivity (Wildman–Crippen MR) is 69.0 cm³/mol. The number of nitrogens with zero attached hydrogens (tertiary/aromatic N) is 2. The van der Waals surface area contributed by atoms with Gasteiger partial charge in [0.25, 0.3) is 0 Å². The van der Waals surface area contributed by atoms with Gasteiger partial charge in [-0.2, -0.15) is 0 Å². The molecule has 4 heteroatoms. The Hall–Kier alpha value is -1.13. The van der Waals surface area contributed by atoms with Crippen molar-refractivity contribution >= 4 is 32.2 Å². The number of aromatic nitrogens is 2. The summed E-state index contributed by atoms with van der Waals surface area (Å²) in [6.45, 7) is 0. The molecule has 0 saturated heterocycles. The van der Waals surface area contributed by atoms with Crippen LogP contribution in [-0.2, 0) is 6.42 Å². The van der Waals surface area contributed by atoms with Crippen LogP contribution in [0, 0.1) is 0 Å². The van der Waals surface area contributed by atoms with Gasteiger partial charge in [0.1, 0.15) is 0 Å². The number of halogens is 1. The third kappa shape index (κ3) is 1.03. The fraction of sp³-hybridized carbons (Fsp3) is 0.0833. The zero-order valence-electron chi connectivity index (χ0n) is 8.27. The molecule has 4 rings (SSSR count). The highest BCUT2D eigenvalue weighted by Gasteiger charge is 2.24. The lowest BCUT2D eigenvalue weighted by Crippen LogP contribution is -1.87. The molecular formula is C12H7BrN2S. The molecule has 0 unspecified atom stereocenters. The number of thiazole rings is 1. The predicted octanol–water partition coefficient (Wildman–Crippen LogP) is 3.73. The molecule has 0 radical (unpaired) electrons. The Morgan fingerprint density at radius 3 is 3.25 bits per heavy atom. The zero-order valence-corrected chi connectivity index (χ0v) is 10.7. The van der Waals surface area contributed by atoms with E-state index in [0.29, 0.717) is 0 Å². The molecule has 1 aliphatic carbocycles. The summed E-state index contributed by atoms with van der Waals surface area (Å²) < 4.78 is 3.34. The highest BCUT2D eigenvalue weighted by molar-refractivity contribution is 9.10. The van der Waals surface area contributed by atoms with Gasteiger partial charge in [-0.1, -0.05) is 22.0 Å². The van der Waals surface area contributed by atoms with Gasteiger partial charge in [0.2, 0.25) is 0 Å². The fourth-order valence-electron chi connectivity index (χ4n) is 2.34. The van der Waals surface area contributed by atoms with Crippen LogP contribution in [0.4, 0.5) is 0 Å². The molecule has 16 heavy (non-hydrogen) atoms. The molecule has 0 atom stereocenters. The maximum atomic E-state index is 4.69. The molecule has 0 N–H and O–H groups in total. The largest absolute Gasteiger partial charge is 0.294 e. The van der Waals surface area contributed by atoms with E-state index in [1.165, 1.54) is 16.8 Å². The molecule has 1 aromatic carbocycles. The molecule has 3 aromatic rings. The summed E-state index contributed by atoms with van der Waals surface area (Å²) >= 11 is 5.21. The Bertz CT molecular complexity index is 711. The van der Waals surface area contributed by atoms with Crippen molar-refractivity contribution in [2.24, 2.45) is 0 Å². The van der Waals surface area contributed by atoms with Gasteiger partial charge in [-0.05, 0) is 17.7 Å². The molecule has 2 nitrogen and oxygen atoms in total. The van der Waals surface area contributed by atoms with Gasteiger partial charge >= 0.3 is 0 Å². The number of imidazole rings is 1. The lowest BCUT2D eigenvalue weighted by Gasteiger charge is -1.98. The maximum absolute atomic E-state index is 4.69. The molecule has 0 bridgehead atoms. The first-order chi connectivity index (χ1) is 7.83. The fourth-order valence-corrected chi connectivity index (χ4v) is 3.48. The van der Waals surface area contributed by atoms with Crippen molar-refractivity contribution in [1.82, 2.24) is 9.38 Å². The van der Waals surface area contributed by atoms with Crippen LogP contribution in [0.1, 0.15) is 11.3 Å². The molecule has 0 fully saturated rings. The van der Waals surface area contributed by atoms with Crippen molar-refractivity contribution in [3.63, 3.8) is 0 Å². The summed E-state index contributed by atoms with van der Waals surface area (Å²) in [7, 11) is 0. The second-order valence-electron chi connectivity index (χ2n) is 3.94. The van der Waals surface area contributed by atoms with Crippen LogP contribution in [-0.4, -0.2) is 9.38 Å². The smallest absolute Gasteiger partial charge is 0.194 e. The summed E-state index contributed by atoms with van der Waals surface area (Å²) in [6, 6.07) is 6.43. The van der Waals surface area contributed by atoms with Crippen molar-refractivity contribution in [3.8, 4) is 11.3 Å². The standard InChI is InChI=1S/C12H7BrN2S/c13-8-1-2-9-7(5-8)6-10-11(9)14-12-15(10)3-4-16-12/h1-5H,6H2. The van der Waals surface area contributed by atoms with Crippen LogP contribution < -0.4 is 0 Å². The van der Waals surface area contributed by atoms with E-state index in [4.69, 9.17) is 4.98 Å². The minimum Gasteiger partial charge on any atom is -0.294 e. The van der Waals surface area contributed by atoms with Gasteiger partial charge in [-0.15, -0.1) is 11.3 Å². The Morgan fingerprint density at radius 2 is 2.31 bits per heavy atom. The van der Waals surface area contributed by atoms with Gasteiger partial charge < -0.3 is 0 Å². The molecule has 0 spiro atoms. The minimum absolute atomic E-state index is 0.988. The number of benzene rings is 1. The quantitative estimate of drug-likeness (QED) is 0.482. The SMILES string of the molecule is Brc1ccc2c(c1)Cc1c-2nc2sccn12. The molecule has 0 saturated carbocycles. The molecule has 1 aliphatic rings. The second-order valence-corrected chi connectivity index (χ2v) is 5.73. The normalized spacial score (nSPS) is 13.1. The van der Waals surface area contributed by atoms with Crippen LogP contribution in [0.3, 0.4) is 0 Å². The summed E-state index contributed by atoms with van der Waals surface area (Å²) in [4.78, 5) is 5.79. The lowest BCUT2D eigenvalue weighted by molar-refractivity contribution is 1.07. The summed E-state index contributed by atoms with van der Waals surface area (Å²) in [6.07, 6.45) is 3.09. The maximum Gasteiger partial charge on any atom is 0.194 e. The molecule has 2 heterocycles. The van der Waals surface area contributed by atoms with Crippen LogP contribution in [0.5, 0.6) is 0 Å². The number of hydrogen-bond acceptors (Lipinski definition) is 2. The highest BCUT2D eigenvalue weighted by atomic mass is 79.9. The van der Waals surface area contributed by atoms with Gasteiger partial charge in [-0.3, -0.25) is 4.40 Å². The van der Waals surface area contributed by atoms with Crippen molar-refractivity contribution < 1.29 is 0 Å². The van der Waals surface area contributed by atoms with E-state index in [1.54, 1.807) is 11.3 Å². The number of rotatable bonds is 0. The highest BCUT2D eigenvalue weighted by Crippen LogP contribution is 2.38. The van der Waals surface area contributed by atoms with Gasteiger partial charge in [0.15, 0.2) is 4.96 Å². The van der Waals surface area contributed by atoms with Crippen LogP contribution >= 0.6 is 27.3 Å². The Morgan fingerprint density at radius 1 is 1.38 bits per heavy atom. The lowest BCUT2D eigenvalue weighted by atomic mass is 10.1. The monoisotopic (exact) mass is 290 g/mol. The third-order valence-electron chi connectivity index (χ3n) is 3.04. The molecule has 0 amide bonds. The summed E-state index contributed by atoms with van der Waals surface area (Å²) in [5.74, 6) is 0. The van der Waals surface area contributed by atoms with E-state index in [1.807, 2.05) is 0 Å². The van der Waals surface area contributed by atoms with Gasteiger partial charge in [0.05, 0.1) is 11.4 Å². The number of hydrogen-bond donors (Lipinski definition) is 0. The van der Waals surface area contributed by atoms with Crippen molar-refractivity contribution in [2.75, 3.05) is 0 Å². The van der Waals surface area contributed by atoms with E-state index in [-0.39, 0.29) is 0 Å². The Labute approximate surface area is 105 Å². The second kappa shape index (κ2) is 2.96. The topological polar surface area (TPSA) is 17.3 Å². The van der Waals surface area contributed by atoms with Crippen LogP contribution in [0.2, 0.25) is 0 Å². The first-order valence-electron chi connectivity index (χ1n) is 5.06. The Kier molecular flexibility index (Phi) is 1.66. The van der Waals surface area contributed by atoms with Crippen molar-refractivity contribution in [1.29, 1.82) is 0 Å². The van der Waals surface area contributed by atoms with E-state index < -0.39 is 0 Å². The van der Waals surface area contributed by atoms with Crippen molar-refractivity contribution in [3.05, 3.63) is 45.5 Å². The molecular weight excluding hydrogens is 284 g/mol. The molecule has 2 aromatic heterocycles. The van der Waals surface area contributed by atoms with E-state index in [2.05, 4.69) is 50.1 Å². The van der Waals surface area contributed by atoms with E-state index in [9.17, 15) is 0 Å². The summed E-state index contributed by atoms with van der Waals surface area (Å²) in [5, 5.41) is 2.08. The Balaban J connectivity index is 2.07. The summed E-state index contributed by atoms with van der Waals surface area (Å²) in [5.41, 5.74) is 5.14. The van der Waals surface area contributed by atoms with Gasteiger partial charge in [-0.25, -0.2) is 4.98 Å². The third-order valence-corrected chi connectivity index (χ3v) is 4.29. The van der Waals surface area contributed by atoms with Crippen LogP contribution in [0.15, 0.2) is 34.2 Å². The minimum atomic E-state index is 0.988. The van der Waals surface area contributed by atoms with E-state index in [0.717, 1.165) is 21.5 Å². The molecule has 78 valence electrons. The average Bonchev–Trinajstić information content (AvgIpc) is 2.87. The molecule has 0 aliphatic heterocycles. The first kappa shape index (κ1) is 8.96.